The lowest BCUT2D eigenvalue weighted by Gasteiger charge is -2.33. The van der Waals surface area contributed by atoms with Gasteiger partial charge in [0.1, 0.15) is 11.4 Å². The summed E-state index contributed by atoms with van der Waals surface area (Å²) in [5, 5.41) is 6.02. The van der Waals surface area contributed by atoms with Gasteiger partial charge in [-0.25, -0.2) is 0 Å². The SMILES string of the molecule is c1ccc2cc3c(cc2c1)CC1(CCNCC1)O3. The molecule has 4 rings (SSSR count). The molecule has 0 aliphatic carbocycles. The van der Waals surface area contributed by atoms with Crippen LogP contribution in [0.4, 0.5) is 0 Å². The first-order chi connectivity index (χ1) is 8.85. The fourth-order valence-electron chi connectivity index (χ4n) is 3.28. The summed E-state index contributed by atoms with van der Waals surface area (Å²) in [6.07, 6.45) is 3.32. The Morgan fingerprint density at radius 1 is 1.00 bits per heavy atom. The smallest absolute Gasteiger partial charge is 0.124 e. The van der Waals surface area contributed by atoms with Gasteiger partial charge in [-0.1, -0.05) is 24.3 Å². The molecule has 0 aromatic heterocycles. The number of nitrogens with one attached hydrogen (secondary N) is 1. The Morgan fingerprint density at radius 3 is 2.50 bits per heavy atom. The predicted octanol–water partition coefficient (Wildman–Crippen LogP) is 2.90. The van der Waals surface area contributed by atoms with Crippen LogP contribution >= 0.6 is 0 Å². The van der Waals surface area contributed by atoms with E-state index in [1.165, 1.54) is 16.3 Å². The van der Waals surface area contributed by atoms with Gasteiger partial charge in [0, 0.05) is 6.42 Å². The minimum Gasteiger partial charge on any atom is -0.487 e. The summed E-state index contributed by atoms with van der Waals surface area (Å²) < 4.78 is 6.30. The van der Waals surface area contributed by atoms with E-state index < -0.39 is 0 Å². The molecule has 92 valence electrons. The first kappa shape index (κ1) is 10.4. The Kier molecular flexibility index (Phi) is 2.15. The summed E-state index contributed by atoms with van der Waals surface area (Å²) in [6, 6.07) is 13.0. The molecule has 1 fully saturated rings. The van der Waals surface area contributed by atoms with Crippen molar-refractivity contribution in [3.05, 3.63) is 42.0 Å². The minimum atomic E-state index is 0.0744. The van der Waals surface area contributed by atoms with Crippen LogP contribution in [-0.2, 0) is 6.42 Å². The Hall–Kier alpha value is -1.54. The minimum absolute atomic E-state index is 0.0744. The Labute approximate surface area is 107 Å². The third-order valence-corrected chi connectivity index (χ3v) is 4.28. The molecule has 0 radical (unpaired) electrons. The van der Waals surface area contributed by atoms with Crippen LogP contribution in [-0.4, -0.2) is 18.7 Å². The fourth-order valence-corrected chi connectivity index (χ4v) is 3.28. The molecule has 2 aliphatic rings. The van der Waals surface area contributed by atoms with Crippen LogP contribution < -0.4 is 10.1 Å². The average Bonchev–Trinajstić information content (AvgIpc) is 2.73. The Morgan fingerprint density at radius 2 is 1.72 bits per heavy atom. The number of piperidine rings is 1. The van der Waals surface area contributed by atoms with Crippen molar-refractivity contribution in [3.8, 4) is 5.75 Å². The maximum atomic E-state index is 6.30. The van der Waals surface area contributed by atoms with Gasteiger partial charge >= 0.3 is 0 Å². The van der Waals surface area contributed by atoms with Crippen molar-refractivity contribution in [1.82, 2.24) is 5.32 Å². The molecule has 0 unspecified atom stereocenters. The van der Waals surface area contributed by atoms with Crippen molar-refractivity contribution in [1.29, 1.82) is 0 Å². The molecule has 2 aliphatic heterocycles. The van der Waals surface area contributed by atoms with Gasteiger partial charge in [0.15, 0.2) is 0 Å². The van der Waals surface area contributed by atoms with Gasteiger partial charge in [-0.05, 0) is 54.4 Å². The third-order valence-electron chi connectivity index (χ3n) is 4.28. The van der Waals surface area contributed by atoms with Gasteiger partial charge in [-0.15, -0.1) is 0 Å². The van der Waals surface area contributed by atoms with E-state index in [0.29, 0.717) is 0 Å². The molecule has 0 bridgehead atoms. The van der Waals surface area contributed by atoms with E-state index in [4.69, 9.17) is 4.74 Å². The molecule has 1 N–H and O–H groups in total. The maximum Gasteiger partial charge on any atom is 0.124 e. The number of hydrogen-bond acceptors (Lipinski definition) is 2. The Bertz CT molecular complexity index is 553. The molecule has 2 aromatic rings. The first-order valence-electron chi connectivity index (χ1n) is 6.76. The molecule has 2 nitrogen and oxygen atoms in total. The summed E-state index contributed by atoms with van der Waals surface area (Å²) in [5.41, 5.74) is 1.46. The van der Waals surface area contributed by atoms with E-state index >= 15 is 0 Å². The molecular weight excluding hydrogens is 222 g/mol. The van der Waals surface area contributed by atoms with Crippen LogP contribution in [0.5, 0.6) is 5.75 Å². The lowest BCUT2D eigenvalue weighted by atomic mass is 9.87. The molecule has 2 aromatic carbocycles. The first-order valence-corrected chi connectivity index (χ1v) is 6.76. The number of benzene rings is 2. The molecule has 0 amide bonds. The number of hydrogen-bond donors (Lipinski definition) is 1. The molecule has 0 atom stereocenters. The van der Waals surface area contributed by atoms with Crippen molar-refractivity contribution >= 4 is 10.8 Å². The standard InChI is InChI=1S/C16H17NO/c1-2-4-13-10-15-14(9-12(13)3-1)11-16(18-15)5-7-17-8-6-16/h1-4,9-10,17H,5-8,11H2. The van der Waals surface area contributed by atoms with Crippen LogP contribution in [0.25, 0.3) is 10.8 Å². The quantitative estimate of drug-likeness (QED) is 0.763. The van der Waals surface area contributed by atoms with Gasteiger partial charge in [0.25, 0.3) is 0 Å². The number of ether oxygens (including phenoxy) is 1. The summed E-state index contributed by atoms with van der Waals surface area (Å²) in [5.74, 6) is 1.11. The average molecular weight is 239 g/mol. The zero-order chi connectivity index (χ0) is 12.0. The molecule has 2 heterocycles. The summed E-state index contributed by atoms with van der Waals surface area (Å²) in [4.78, 5) is 0. The van der Waals surface area contributed by atoms with Crippen LogP contribution in [0, 0.1) is 0 Å². The highest BCUT2D eigenvalue weighted by Gasteiger charge is 2.40. The highest BCUT2D eigenvalue weighted by molar-refractivity contribution is 5.85. The molecule has 18 heavy (non-hydrogen) atoms. The van der Waals surface area contributed by atoms with Crippen LogP contribution in [0.3, 0.4) is 0 Å². The van der Waals surface area contributed by atoms with Crippen LogP contribution in [0.2, 0.25) is 0 Å². The molecule has 2 heteroatoms. The van der Waals surface area contributed by atoms with Gasteiger partial charge in [0.05, 0.1) is 0 Å². The van der Waals surface area contributed by atoms with E-state index in [2.05, 4.69) is 41.7 Å². The van der Waals surface area contributed by atoms with Crippen molar-refractivity contribution in [2.75, 3.05) is 13.1 Å². The normalized spacial score (nSPS) is 20.9. The van der Waals surface area contributed by atoms with Gasteiger partial charge < -0.3 is 10.1 Å². The second-order valence-corrected chi connectivity index (χ2v) is 5.52. The van der Waals surface area contributed by atoms with Crippen LogP contribution in [0.15, 0.2) is 36.4 Å². The van der Waals surface area contributed by atoms with Crippen LogP contribution in [0.1, 0.15) is 18.4 Å². The largest absolute Gasteiger partial charge is 0.487 e. The number of fused-ring (bicyclic) bond motifs is 2. The zero-order valence-corrected chi connectivity index (χ0v) is 10.4. The van der Waals surface area contributed by atoms with Crippen molar-refractivity contribution in [3.63, 3.8) is 0 Å². The van der Waals surface area contributed by atoms with E-state index in [9.17, 15) is 0 Å². The molecule has 0 saturated carbocycles. The van der Waals surface area contributed by atoms with Gasteiger partial charge in [0.2, 0.25) is 0 Å². The number of rotatable bonds is 0. The Balaban J connectivity index is 1.78. The predicted molar refractivity (Wildman–Crippen MR) is 73.1 cm³/mol. The monoisotopic (exact) mass is 239 g/mol. The maximum absolute atomic E-state index is 6.30. The highest BCUT2D eigenvalue weighted by atomic mass is 16.5. The molecular formula is C16H17NO. The van der Waals surface area contributed by atoms with E-state index in [0.717, 1.165) is 38.1 Å². The summed E-state index contributed by atoms with van der Waals surface area (Å²) >= 11 is 0. The second-order valence-electron chi connectivity index (χ2n) is 5.52. The lowest BCUT2D eigenvalue weighted by molar-refractivity contribution is 0.0601. The zero-order valence-electron chi connectivity index (χ0n) is 10.4. The lowest BCUT2D eigenvalue weighted by Crippen LogP contribution is -2.45. The summed E-state index contributed by atoms with van der Waals surface area (Å²) in [6.45, 7) is 2.15. The topological polar surface area (TPSA) is 21.3 Å². The van der Waals surface area contributed by atoms with Gasteiger partial charge in [-0.3, -0.25) is 0 Å². The molecule has 1 saturated heterocycles. The van der Waals surface area contributed by atoms with E-state index in [-0.39, 0.29) is 5.60 Å². The molecule has 1 spiro atoms. The highest BCUT2D eigenvalue weighted by Crippen LogP contribution is 2.41. The second kappa shape index (κ2) is 3.72. The van der Waals surface area contributed by atoms with Gasteiger partial charge in [-0.2, -0.15) is 0 Å². The van der Waals surface area contributed by atoms with Crippen molar-refractivity contribution < 1.29 is 4.74 Å². The fraction of sp³-hybridized carbons (Fsp3) is 0.375. The van der Waals surface area contributed by atoms with Crippen molar-refractivity contribution in [2.45, 2.75) is 24.9 Å². The third kappa shape index (κ3) is 1.52. The summed E-state index contributed by atoms with van der Waals surface area (Å²) in [7, 11) is 0. The van der Waals surface area contributed by atoms with E-state index in [1.54, 1.807) is 0 Å². The van der Waals surface area contributed by atoms with E-state index in [1.807, 2.05) is 0 Å². The van der Waals surface area contributed by atoms with Crippen molar-refractivity contribution in [2.24, 2.45) is 0 Å².